The normalized spacial score (nSPS) is 13.2. The first-order valence-corrected chi connectivity index (χ1v) is 12.5. The van der Waals surface area contributed by atoms with Gasteiger partial charge in [0.05, 0.1) is 12.7 Å². The molecule has 0 spiro atoms. The third-order valence-electron chi connectivity index (χ3n) is 5.79. The number of carbonyl (C=O) groups excluding carboxylic acids is 1. The molecule has 4 aromatic rings. The second-order valence-corrected chi connectivity index (χ2v) is 9.06. The van der Waals surface area contributed by atoms with Gasteiger partial charge in [0.15, 0.2) is 5.01 Å². The highest BCUT2D eigenvalue weighted by Crippen LogP contribution is 2.34. The van der Waals surface area contributed by atoms with Crippen LogP contribution in [0.3, 0.4) is 0 Å². The Morgan fingerprint density at radius 2 is 1.92 bits per heavy atom. The maximum absolute atomic E-state index is 11.8. The van der Waals surface area contributed by atoms with Crippen LogP contribution in [-0.2, 0) is 4.79 Å². The van der Waals surface area contributed by atoms with E-state index in [1.165, 1.54) is 17.4 Å². The van der Waals surface area contributed by atoms with Gasteiger partial charge in [-0.3, -0.25) is 4.79 Å². The van der Waals surface area contributed by atoms with Crippen molar-refractivity contribution in [1.29, 1.82) is 0 Å². The molecule has 10 nitrogen and oxygen atoms in total. The molecular formula is C26H25N7O3S. The zero-order valence-electron chi connectivity index (χ0n) is 20.2. The van der Waals surface area contributed by atoms with E-state index in [2.05, 4.69) is 37.0 Å². The van der Waals surface area contributed by atoms with Crippen molar-refractivity contribution in [3.63, 3.8) is 0 Å². The molecular weight excluding hydrogens is 490 g/mol. The van der Waals surface area contributed by atoms with Crippen LogP contribution in [0.25, 0.3) is 10.6 Å². The minimum absolute atomic E-state index is 0.0353. The Labute approximate surface area is 218 Å². The molecule has 2 aromatic heterocycles. The maximum Gasteiger partial charge on any atom is 0.323 e. The number of carbonyl (C=O) groups is 1. The van der Waals surface area contributed by atoms with E-state index in [-0.39, 0.29) is 11.9 Å². The van der Waals surface area contributed by atoms with Crippen molar-refractivity contribution in [2.75, 3.05) is 43.5 Å². The van der Waals surface area contributed by atoms with E-state index in [0.29, 0.717) is 29.8 Å². The van der Waals surface area contributed by atoms with Crippen LogP contribution < -0.4 is 19.7 Å². The smallest absolute Gasteiger partial charge is 0.323 e. The molecule has 1 aliphatic rings. The lowest BCUT2D eigenvalue weighted by Crippen LogP contribution is -2.48. The number of nitrogens with zero attached hydrogens (tertiary/aromatic N) is 6. The van der Waals surface area contributed by atoms with Crippen molar-refractivity contribution in [2.45, 2.75) is 0 Å². The van der Waals surface area contributed by atoms with E-state index in [1.807, 2.05) is 48.5 Å². The zero-order valence-corrected chi connectivity index (χ0v) is 21.0. The Morgan fingerprint density at radius 3 is 2.73 bits per heavy atom. The topological polar surface area (TPSA) is 106 Å². The van der Waals surface area contributed by atoms with Gasteiger partial charge in [-0.1, -0.05) is 36.1 Å². The number of ether oxygens (including phenoxy) is 2. The van der Waals surface area contributed by atoms with Gasteiger partial charge < -0.3 is 24.6 Å². The number of anilines is 3. The van der Waals surface area contributed by atoms with E-state index >= 15 is 0 Å². The molecule has 11 heteroatoms. The fourth-order valence-corrected chi connectivity index (χ4v) is 4.72. The number of methoxy groups -OCH3 is 1. The second kappa shape index (κ2) is 11.0. The minimum atomic E-state index is -0.0353. The predicted molar refractivity (Wildman–Crippen MR) is 143 cm³/mol. The number of nitrogens with one attached hydrogen (secondary N) is 1. The summed E-state index contributed by atoms with van der Waals surface area (Å²) in [5, 5.41) is 13.0. The average Bonchev–Trinajstić information content (AvgIpc) is 3.41. The Hall–Kier alpha value is -4.51. The summed E-state index contributed by atoms with van der Waals surface area (Å²) in [6, 6.07) is 17.3. The summed E-state index contributed by atoms with van der Waals surface area (Å²) in [5.74, 6) is 1.85. The molecule has 0 unspecified atom stereocenters. The summed E-state index contributed by atoms with van der Waals surface area (Å²) in [6.07, 6.45) is 2.98. The van der Waals surface area contributed by atoms with Crippen LogP contribution in [0.15, 0.2) is 73.4 Å². The number of piperazine rings is 1. The van der Waals surface area contributed by atoms with Gasteiger partial charge >= 0.3 is 6.01 Å². The molecule has 1 amide bonds. The third-order valence-corrected chi connectivity index (χ3v) is 6.66. The first-order chi connectivity index (χ1) is 18.1. The maximum atomic E-state index is 11.8. The molecule has 1 fully saturated rings. The molecule has 1 aliphatic heterocycles. The van der Waals surface area contributed by atoms with Crippen molar-refractivity contribution in [2.24, 2.45) is 0 Å². The molecule has 1 N–H and O–H groups in total. The van der Waals surface area contributed by atoms with Crippen LogP contribution in [0.5, 0.6) is 17.5 Å². The summed E-state index contributed by atoms with van der Waals surface area (Å²) in [4.78, 5) is 24.6. The summed E-state index contributed by atoms with van der Waals surface area (Å²) < 4.78 is 11.4. The van der Waals surface area contributed by atoms with Crippen LogP contribution in [0.1, 0.15) is 0 Å². The number of hydrogen-bond donors (Lipinski definition) is 1. The zero-order chi connectivity index (χ0) is 25.6. The Balaban J connectivity index is 1.25. The first kappa shape index (κ1) is 24.2. The molecule has 0 aliphatic carbocycles. The number of para-hydroxylation sites is 1. The standard InChI is InChI=1S/C26H25N7O3S/c1-3-23(34)33-15-13-32(14-16-33)18-7-6-8-19(17-18)36-25-27-12-11-22(28-25)29-26-31-30-24(37-26)20-9-4-5-10-21(20)35-2/h3-12,17H,1,13-16H2,2H3,(H,27,28,29,31). The van der Waals surface area contributed by atoms with Crippen molar-refractivity contribution >= 4 is 33.9 Å². The van der Waals surface area contributed by atoms with Crippen LogP contribution in [0, 0.1) is 0 Å². The molecule has 3 heterocycles. The molecule has 0 saturated carbocycles. The largest absolute Gasteiger partial charge is 0.496 e. The second-order valence-electron chi connectivity index (χ2n) is 8.08. The minimum Gasteiger partial charge on any atom is -0.496 e. The molecule has 37 heavy (non-hydrogen) atoms. The van der Waals surface area contributed by atoms with Crippen LogP contribution in [-0.4, -0.2) is 64.3 Å². The number of rotatable bonds is 8. The van der Waals surface area contributed by atoms with Crippen molar-refractivity contribution in [3.05, 3.63) is 73.4 Å². The van der Waals surface area contributed by atoms with Gasteiger partial charge in [0.25, 0.3) is 0 Å². The van der Waals surface area contributed by atoms with E-state index in [0.717, 1.165) is 35.1 Å². The van der Waals surface area contributed by atoms with Crippen LogP contribution in [0.4, 0.5) is 16.6 Å². The highest BCUT2D eigenvalue weighted by atomic mass is 32.1. The van der Waals surface area contributed by atoms with E-state index in [9.17, 15) is 4.79 Å². The fourth-order valence-electron chi connectivity index (χ4n) is 3.94. The highest BCUT2D eigenvalue weighted by Gasteiger charge is 2.20. The SMILES string of the molecule is C=CC(=O)N1CCN(c2cccc(Oc3nccc(Nc4nnc(-c5ccccc5OC)s4)n3)c2)CC1. The van der Waals surface area contributed by atoms with E-state index < -0.39 is 0 Å². The lowest BCUT2D eigenvalue weighted by atomic mass is 10.2. The van der Waals surface area contributed by atoms with Gasteiger partial charge in [-0.05, 0) is 36.4 Å². The number of hydrogen-bond acceptors (Lipinski definition) is 10. The lowest BCUT2D eigenvalue weighted by Gasteiger charge is -2.35. The highest BCUT2D eigenvalue weighted by molar-refractivity contribution is 7.18. The molecule has 188 valence electrons. The molecule has 5 rings (SSSR count). The van der Waals surface area contributed by atoms with Gasteiger partial charge in [-0.25, -0.2) is 4.98 Å². The monoisotopic (exact) mass is 515 g/mol. The van der Waals surface area contributed by atoms with E-state index in [1.54, 1.807) is 24.3 Å². The molecule has 0 radical (unpaired) electrons. The lowest BCUT2D eigenvalue weighted by molar-refractivity contribution is -0.126. The van der Waals surface area contributed by atoms with Crippen LogP contribution in [0.2, 0.25) is 0 Å². The average molecular weight is 516 g/mol. The van der Waals surface area contributed by atoms with Gasteiger partial charge in [-0.15, -0.1) is 10.2 Å². The number of aromatic nitrogens is 4. The van der Waals surface area contributed by atoms with Crippen molar-refractivity contribution < 1.29 is 14.3 Å². The first-order valence-electron chi connectivity index (χ1n) is 11.6. The Kier molecular flexibility index (Phi) is 7.22. The van der Waals surface area contributed by atoms with Gasteiger partial charge in [0.1, 0.15) is 17.3 Å². The van der Waals surface area contributed by atoms with Crippen molar-refractivity contribution in [1.82, 2.24) is 25.1 Å². The van der Waals surface area contributed by atoms with E-state index in [4.69, 9.17) is 9.47 Å². The molecule has 1 saturated heterocycles. The van der Waals surface area contributed by atoms with Gasteiger partial charge in [0, 0.05) is 44.1 Å². The summed E-state index contributed by atoms with van der Waals surface area (Å²) in [5.41, 5.74) is 1.88. The Morgan fingerprint density at radius 1 is 1.08 bits per heavy atom. The third kappa shape index (κ3) is 5.67. The summed E-state index contributed by atoms with van der Waals surface area (Å²) in [7, 11) is 1.63. The number of amides is 1. The van der Waals surface area contributed by atoms with Crippen molar-refractivity contribution in [3.8, 4) is 28.1 Å². The Bertz CT molecular complexity index is 1400. The molecule has 0 atom stereocenters. The van der Waals surface area contributed by atoms with Gasteiger partial charge in [-0.2, -0.15) is 4.98 Å². The molecule has 2 aromatic carbocycles. The predicted octanol–water partition coefficient (Wildman–Crippen LogP) is 4.37. The molecule has 0 bridgehead atoms. The van der Waals surface area contributed by atoms with Gasteiger partial charge in [0.2, 0.25) is 11.0 Å². The quantitative estimate of drug-likeness (QED) is 0.342. The number of benzene rings is 2. The summed E-state index contributed by atoms with van der Waals surface area (Å²) in [6.45, 7) is 6.33. The fraction of sp³-hybridized carbons (Fsp3) is 0.192. The van der Waals surface area contributed by atoms with Crippen LogP contribution >= 0.6 is 11.3 Å². The summed E-state index contributed by atoms with van der Waals surface area (Å²) >= 11 is 1.39.